The van der Waals surface area contributed by atoms with Gasteiger partial charge in [-0.2, -0.15) is 0 Å². The number of carbonyl (C=O) groups excluding carboxylic acids is 1. The highest BCUT2D eigenvalue weighted by atomic mass is 16.5. The van der Waals surface area contributed by atoms with Crippen LogP contribution in [0.15, 0.2) is 72.9 Å². The van der Waals surface area contributed by atoms with Crippen LogP contribution in [0.25, 0.3) is 11.1 Å². The monoisotopic (exact) mass is 386 g/mol. The van der Waals surface area contributed by atoms with Crippen LogP contribution in [0.1, 0.15) is 43.1 Å². The van der Waals surface area contributed by atoms with Crippen molar-refractivity contribution < 1.29 is 9.53 Å². The topological polar surface area (TPSA) is 51.2 Å². The van der Waals surface area contributed by atoms with Crippen LogP contribution in [0.3, 0.4) is 0 Å². The summed E-state index contributed by atoms with van der Waals surface area (Å²) in [7, 11) is 0. The standard InChI is InChI=1S/C25H26N2O2/c1-18-13-15-19(16-14-18)27-25(28)24-22(11-7-17-26-24)21-10-5-6-12-23(21)29-20-8-3-2-4-9-20/h2-12,17-19H,13-16H2,1H3,(H,27,28)/t18-,19-. The number of aromatic nitrogens is 1. The van der Waals surface area contributed by atoms with Crippen molar-refractivity contribution in [2.45, 2.75) is 38.6 Å². The van der Waals surface area contributed by atoms with Crippen molar-refractivity contribution in [2.75, 3.05) is 0 Å². The van der Waals surface area contributed by atoms with Gasteiger partial charge in [-0.3, -0.25) is 9.78 Å². The summed E-state index contributed by atoms with van der Waals surface area (Å²) in [6.45, 7) is 2.28. The van der Waals surface area contributed by atoms with E-state index in [4.69, 9.17) is 4.74 Å². The fourth-order valence-corrected chi connectivity index (χ4v) is 3.86. The van der Waals surface area contributed by atoms with E-state index in [0.29, 0.717) is 11.4 Å². The number of ether oxygens (including phenoxy) is 1. The lowest BCUT2D eigenvalue weighted by Crippen LogP contribution is -2.37. The van der Waals surface area contributed by atoms with Crippen molar-refractivity contribution in [3.05, 3.63) is 78.6 Å². The molecule has 1 heterocycles. The Kier molecular flexibility index (Phi) is 5.89. The number of hydrogen-bond acceptors (Lipinski definition) is 3. The zero-order valence-corrected chi connectivity index (χ0v) is 16.7. The number of rotatable bonds is 5. The summed E-state index contributed by atoms with van der Waals surface area (Å²) >= 11 is 0. The number of hydrogen-bond donors (Lipinski definition) is 1. The van der Waals surface area contributed by atoms with Gasteiger partial charge < -0.3 is 10.1 Å². The highest BCUT2D eigenvalue weighted by Crippen LogP contribution is 2.34. The van der Waals surface area contributed by atoms with E-state index in [-0.39, 0.29) is 11.9 Å². The van der Waals surface area contributed by atoms with Crippen LogP contribution in [-0.2, 0) is 0 Å². The first kappa shape index (κ1) is 19.2. The molecule has 0 bridgehead atoms. The highest BCUT2D eigenvalue weighted by Gasteiger charge is 2.23. The van der Waals surface area contributed by atoms with E-state index in [0.717, 1.165) is 48.5 Å². The first-order valence-electron chi connectivity index (χ1n) is 10.3. The second-order valence-corrected chi connectivity index (χ2v) is 7.74. The second kappa shape index (κ2) is 8.91. The van der Waals surface area contributed by atoms with Crippen molar-refractivity contribution in [3.63, 3.8) is 0 Å². The lowest BCUT2D eigenvalue weighted by Gasteiger charge is -2.27. The average molecular weight is 386 g/mol. The van der Waals surface area contributed by atoms with Crippen LogP contribution < -0.4 is 10.1 Å². The van der Waals surface area contributed by atoms with Crippen molar-refractivity contribution in [2.24, 2.45) is 5.92 Å². The molecule has 4 heteroatoms. The molecule has 1 aliphatic carbocycles. The Morgan fingerprint density at radius 2 is 1.59 bits per heavy atom. The van der Waals surface area contributed by atoms with Gasteiger partial charge >= 0.3 is 0 Å². The maximum atomic E-state index is 13.0. The van der Waals surface area contributed by atoms with Gasteiger partial charge in [-0.25, -0.2) is 0 Å². The molecular formula is C25H26N2O2. The number of nitrogens with one attached hydrogen (secondary N) is 1. The molecular weight excluding hydrogens is 360 g/mol. The summed E-state index contributed by atoms with van der Waals surface area (Å²) in [4.78, 5) is 17.5. The summed E-state index contributed by atoms with van der Waals surface area (Å²) < 4.78 is 6.10. The molecule has 0 saturated heterocycles. The van der Waals surface area contributed by atoms with E-state index in [9.17, 15) is 4.79 Å². The van der Waals surface area contributed by atoms with Gasteiger partial charge in [-0.1, -0.05) is 49.4 Å². The number of pyridine rings is 1. The molecule has 1 aliphatic rings. The third kappa shape index (κ3) is 4.65. The minimum Gasteiger partial charge on any atom is -0.457 e. The zero-order valence-electron chi connectivity index (χ0n) is 16.7. The maximum absolute atomic E-state index is 13.0. The Balaban J connectivity index is 1.61. The molecule has 1 saturated carbocycles. The van der Waals surface area contributed by atoms with Crippen molar-refractivity contribution in [1.29, 1.82) is 0 Å². The summed E-state index contributed by atoms with van der Waals surface area (Å²) in [6, 6.07) is 21.4. The van der Waals surface area contributed by atoms with Gasteiger partial charge in [0.2, 0.25) is 0 Å². The molecule has 0 atom stereocenters. The minimum atomic E-state index is -0.116. The molecule has 4 rings (SSSR count). The van der Waals surface area contributed by atoms with Gasteiger partial charge in [-0.15, -0.1) is 0 Å². The summed E-state index contributed by atoms with van der Waals surface area (Å²) in [5, 5.41) is 3.19. The SMILES string of the molecule is C[C@H]1CC[C@H](NC(=O)c2ncccc2-c2ccccc2Oc2ccccc2)CC1. The molecule has 3 aromatic rings. The number of carbonyl (C=O) groups is 1. The van der Waals surface area contributed by atoms with Crippen molar-refractivity contribution >= 4 is 5.91 Å². The summed E-state index contributed by atoms with van der Waals surface area (Å²) in [6.07, 6.45) is 6.05. The first-order chi connectivity index (χ1) is 14.2. The predicted octanol–water partition coefficient (Wildman–Crippen LogP) is 5.85. The van der Waals surface area contributed by atoms with Gasteiger partial charge in [0.15, 0.2) is 0 Å². The number of nitrogens with zero attached hydrogens (tertiary/aromatic N) is 1. The largest absolute Gasteiger partial charge is 0.457 e. The van der Waals surface area contributed by atoms with Crippen LogP contribution in [0.5, 0.6) is 11.5 Å². The maximum Gasteiger partial charge on any atom is 0.270 e. The molecule has 0 unspecified atom stereocenters. The zero-order chi connectivity index (χ0) is 20.1. The normalized spacial score (nSPS) is 18.8. The Hall–Kier alpha value is -3.14. The lowest BCUT2D eigenvalue weighted by molar-refractivity contribution is 0.0918. The lowest BCUT2D eigenvalue weighted by atomic mass is 9.87. The quantitative estimate of drug-likeness (QED) is 0.598. The van der Waals surface area contributed by atoms with Gasteiger partial charge in [0, 0.05) is 23.4 Å². The van der Waals surface area contributed by atoms with E-state index >= 15 is 0 Å². The molecule has 2 aromatic carbocycles. The van der Waals surface area contributed by atoms with Crippen LogP contribution in [0.4, 0.5) is 0 Å². The first-order valence-corrected chi connectivity index (χ1v) is 10.3. The van der Waals surface area contributed by atoms with E-state index < -0.39 is 0 Å². The molecule has 148 valence electrons. The smallest absolute Gasteiger partial charge is 0.270 e. The Labute approximate surface area is 172 Å². The molecule has 0 radical (unpaired) electrons. The molecule has 0 spiro atoms. The Morgan fingerprint density at radius 3 is 2.38 bits per heavy atom. The van der Waals surface area contributed by atoms with Gasteiger partial charge in [0.05, 0.1) is 0 Å². The molecule has 1 N–H and O–H groups in total. The third-order valence-electron chi connectivity index (χ3n) is 5.52. The van der Waals surface area contributed by atoms with Crippen molar-refractivity contribution in [1.82, 2.24) is 10.3 Å². The fraction of sp³-hybridized carbons (Fsp3) is 0.280. The highest BCUT2D eigenvalue weighted by molar-refractivity contribution is 5.99. The van der Waals surface area contributed by atoms with Crippen molar-refractivity contribution in [3.8, 4) is 22.6 Å². The second-order valence-electron chi connectivity index (χ2n) is 7.74. The molecule has 4 nitrogen and oxygen atoms in total. The molecule has 1 aromatic heterocycles. The number of amides is 1. The van der Waals surface area contributed by atoms with E-state index in [1.165, 1.54) is 0 Å². The fourth-order valence-electron chi connectivity index (χ4n) is 3.86. The Bertz CT molecular complexity index is 963. The molecule has 1 fully saturated rings. The van der Waals surface area contributed by atoms with Crippen LogP contribution >= 0.6 is 0 Å². The average Bonchev–Trinajstić information content (AvgIpc) is 2.76. The Morgan fingerprint density at radius 1 is 0.897 bits per heavy atom. The van der Waals surface area contributed by atoms with Crippen LogP contribution in [0, 0.1) is 5.92 Å². The summed E-state index contributed by atoms with van der Waals surface area (Å²) in [5.41, 5.74) is 2.07. The predicted molar refractivity (Wildman–Crippen MR) is 115 cm³/mol. The van der Waals surface area contributed by atoms with Gasteiger partial charge in [0.1, 0.15) is 17.2 Å². The van der Waals surface area contributed by atoms with Crippen LogP contribution in [0.2, 0.25) is 0 Å². The molecule has 0 aliphatic heterocycles. The van der Waals surface area contributed by atoms with Crippen LogP contribution in [-0.4, -0.2) is 16.9 Å². The minimum absolute atomic E-state index is 0.116. The van der Waals surface area contributed by atoms with E-state index in [2.05, 4.69) is 17.2 Å². The third-order valence-corrected chi connectivity index (χ3v) is 5.52. The van der Waals surface area contributed by atoms with Gasteiger partial charge in [-0.05, 0) is 55.9 Å². The molecule has 29 heavy (non-hydrogen) atoms. The van der Waals surface area contributed by atoms with E-state index in [1.54, 1.807) is 6.20 Å². The van der Waals surface area contributed by atoms with Gasteiger partial charge in [0.25, 0.3) is 5.91 Å². The summed E-state index contributed by atoms with van der Waals surface area (Å²) in [5.74, 6) is 2.09. The number of benzene rings is 2. The number of para-hydroxylation sites is 2. The van der Waals surface area contributed by atoms with E-state index in [1.807, 2.05) is 66.7 Å². The molecule has 1 amide bonds.